The summed E-state index contributed by atoms with van der Waals surface area (Å²) in [5.74, 6) is -3.20. The zero-order valence-corrected chi connectivity index (χ0v) is 35.8. The van der Waals surface area contributed by atoms with E-state index in [4.69, 9.17) is 66.1 Å². The number of carboxylic acids is 2. The highest BCUT2D eigenvalue weighted by Gasteiger charge is 2.18. The molecule has 0 atom stereocenters. The van der Waals surface area contributed by atoms with Crippen molar-refractivity contribution in [1.82, 2.24) is 5.32 Å². The van der Waals surface area contributed by atoms with Crippen molar-refractivity contribution in [2.45, 2.75) is 59.4 Å². The van der Waals surface area contributed by atoms with Crippen LogP contribution in [-0.4, -0.2) is 46.7 Å². The van der Waals surface area contributed by atoms with Crippen LogP contribution in [-0.2, 0) is 29.2 Å². The highest BCUT2D eigenvalue weighted by Crippen LogP contribution is 2.37. The summed E-state index contributed by atoms with van der Waals surface area (Å²) in [6, 6.07) is 11.9. The molecule has 5 N–H and O–H groups in total. The third-order valence-electron chi connectivity index (χ3n) is 6.93. The number of amides is 1. The Bertz CT molecular complexity index is 2010. The van der Waals surface area contributed by atoms with Crippen LogP contribution < -0.4 is 25.4 Å². The molecule has 4 rings (SSSR count). The molecule has 1 amide bonds. The predicted octanol–water partition coefficient (Wildman–Crippen LogP) is 11.0. The number of hydrogen-bond donors (Lipinski definition) is 5. The third kappa shape index (κ3) is 14.2. The Morgan fingerprint density at radius 3 is 1.53 bits per heavy atom. The van der Waals surface area contributed by atoms with Gasteiger partial charge < -0.3 is 35.6 Å². The van der Waals surface area contributed by atoms with E-state index < -0.39 is 36.0 Å². The van der Waals surface area contributed by atoms with E-state index in [-0.39, 0.29) is 64.3 Å². The van der Waals surface area contributed by atoms with E-state index in [1.165, 1.54) is 36.4 Å². The van der Waals surface area contributed by atoms with Crippen LogP contribution in [0, 0.1) is 11.6 Å². The molecule has 0 saturated heterocycles. The van der Waals surface area contributed by atoms with E-state index in [1.807, 2.05) is 27.7 Å². The Morgan fingerprint density at radius 1 is 0.691 bits per heavy atom. The van der Waals surface area contributed by atoms with Crippen LogP contribution in [0.5, 0.6) is 11.5 Å². The lowest BCUT2D eigenvalue weighted by Crippen LogP contribution is -2.29. The maximum atomic E-state index is 14.7. The lowest BCUT2D eigenvalue weighted by molar-refractivity contribution is -0.137. The largest absolute Gasteiger partial charge is 0.486 e. The van der Waals surface area contributed by atoms with E-state index in [9.17, 15) is 23.2 Å². The number of benzene rings is 4. The molecule has 0 radical (unpaired) electrons. The molecule has 0 aliphatic heterocycles. The van der Waals surface area contributed by atoms with Crippen molar-refractivity contribution in [3.05, 3.63) is 111 Å². The number of rotatable bonds is 15. The number of hydrogen-bond acceptors (Lipinski definition) is 7. The molecule has 0 saturated carbocycles. The van der Waals surface area contributed by atoms with Crippen LogP contribution in [0.1, 0.15) is 54.7 Å². The van der Waals surface area contributed by atoms with Gasteiger partial charge in [0.1, 0.15) is 25.5 Å². The summed E-state index contributed by atoms with van der Waals surface area (Å²) in [7, 11) is 0. The Labute approximate surface area is 353 Å². The molecule has 296 valence electrons. The van der Waals surface area contributed by atoms with Crippen LogP contribution in [0.25, 0.3) is 0 Å². The number of halogens is 8. The Hall–Kier alpha value is -3.53. The van der Waals surface area contributed by atoms with Crippen molar-refractivity contribution >= 4 is 107 Å². The maximum Gasteiger partial charge on any atom is 0.322 e. The molecule has 10 nitrogen and oxygen atoms in total. The summed E-state index contributed by atoms with van der Waals surface area (Å²) in [4.78, 5) is 33.3. The molecule has 18 heteroatoms. The fourth-order valence-electron chi connectivity index (χ4n) is 4.75. The van der Waals surface area contributed by atoms with Gasteiger partial charge in [0.05, 0.1) is 36.8 Å². The minimum absolute atomic E-state index is 0.000409. The van der Waals surface area contributed by atoms with E-state index in [0.29, 0.717) is 41.6 Å². The Balaban J connectivity index is 0.000000297. The normalized spacial score (nSPS) is 10.8. The monoisotopic (exact) mass is 969 g/mol. The van der Waals surface area contributed by atoms with Crippen LogP contribution in [0.2, 0.25) is 20.1 Å². The summed E-state index contributed by atoms with van der Waals surface area (Å²) in [5, 5.41) is 26.4. The second-order valence-electron chi connectivity index (χ2n) is 12.3. The lowest BCUT2D eigenvalue weighted by Gasteiger charge is -2.16. The average molecular weight is 973 g/mol. The molecule has 4 aromatic rings. The van der Waals surface area contributed by atoms with Crippen LogP contribution in [0.4, 0.5) is 20.2 Å². The van der Waals surface area contributed by atoms with Crippen molar-refractivity contribution in [3.63, 3.8) is 0 Å². The number of ether oxygens (including phenoxy) is 2. The number of carbonyl (C=O) groups excluding carboxylic acids is 1. The Kier molecular flexibility index (Phi) is 17.6. The van der Waals surface area contributed by atoms with Crippen molar-refractivity contribution in [2.75, 3.05) is 17.2 Å². The Morgan fingerprint density at radius 2 is 1.13 bits per heavy atom. The van der Waals surface area contributed by atoms with Gasteiger partial charge in [-0.3, -0.25) is 14.4 Å². The number of anilines is 2. The minimum atomic E-state index is -1.19. The SMILES string of the molecule is CC(C)Nc1cc(Cl)cc(COc2c(Br)cc(CC(=O)O)cc2Br)c1F.CC(C)Nc1cc(Cl)cc(COc2c(Cl)cc(C(=O)NCC(=O)O)cc2Cl)c1F. The number of carboxylic acid groups (broad SMARTS) is 2. The molecule has 4 aromatic carbocycles. The molecule has 0 fully saturated rings. The molecule has 0 aliphatic rings. The first-order valence-corrected chi connectivity index (χ1v) is 19.3. The summed E-state index contributed by atoms with van der Waals surface area (Å²) < 4.78 is 41.8. The van der Waals surface area contributed by atoms with Gasteiger partial charge in [-0.2, -0.15) is 0 Å². The van der Waals surface area contributed by atoms with Crippen molar-refractivity contribution in [3.8, 4) is 11.5 Å². The van der Waals surface area contributed by atoms with Gasteiger partial charge >= 0.3 is 11.9 Å². The second kappa shape index (κ2) is 21.1. The van der Waals surface area contributed by atoms with Crippen molar-refractivity contribution in [2.24, 2.45) is 0 Å². The number of carbonyl (C=O) groups is 3. The summed E-state index contributed by atoms with van der Waals surface area (Å²) >= 11 is 31.1. The molecule has 0 bridgehead atoms. The maximum absolute atomic E-state index is 14.7. The predicted molar refractivity (Wildman–Crippen MR) is 219 cm³/mol. The molecule has 0 heterocycles. The van der Waals surface area contributed by atoms with Crippen LogP contribution in [0.15, 0.2) is 57.5 Å². The fraction of sp³-hybridized carbons (Fsp3) is 0.270. The standard InChI is InChI=1S/C19H18Cl3FN2O4.C18H17Br2ClFNO3/c1-9(2)25-15-6-12(20)3-11(17(15)23)8-29-18-13(21)4-10(5-14(18)22)19(28)24-7-16(26)27;1-9(2)23-15-7-12(21)6-11(17(15)22)8-26-18-13(19)3-10(4-14(18)20)5-16(24)25/h3-6,9,25H,7-8H2,1-2H3,(H,24,28)(H,26,27);3-4,6-7,9,23H,5,8H2,1-2H3,(H,24,25). The van der Waals surface area contributed by atoms with Gasteiger partial charge in [0.15, 0.2) is 17.4 Å². The van der Waals surface area contributed by atoms with E-state index >= 15 is 0 Å². The zero-order chi connectivity index (χ0) is 41.1. The topological polar surface area (TPSA) is 146 Å². The molecule has 0 spiro atoms. The summed E-state index contributed by atoms with van der Waals surface area (Å²) in [6.07, 6.45) is -0.107. The lowest BCUT2D eigenvalue weighted by atomic mass is 10.1. The van der Waals surface area contributed by atoms with Crippen LogP contribution >= 0.6 is 78.3 Å². The fourth-order valence-corrected chi connectivity index (χ4v) is 7.34. The van der Waals surface area contributed by atoms with E-state index in [1.54, 1.807) is 12.1 Å². The third-order valence-corrected chi connectivity index (χ3v) is 9.11. The van der Waals surface area contributed by atoms with Gasteiger partial charge in [-0.15, -0.1) is 0 Å². The summed E-state index contributed by atoms with van der Waals surface area (Å²) in [5.41, 5.74) is 1.74. The summed E-state index contributed by atoms with van der Waals surface area (Å²) in [6.45, 7) is 6.76. The molecular formula is C37H35Br2Cl4F2N3O7. The van der Waals surface area contributed by atoms with Gasteiger partial charge in [-0.05, 0) is 114 Å². The molecule has 0 aliphatic carbocycles. The van der Waals surface area contributed by atoms with Gasteiger partial charge in [-0.1, -0.05) is 46.4 Å². The second-order valence-corrected chi connectivity index (χ2v) is 15.7. The van der Waals surface area contributed by atoms with Crippen LogP contribution in [0.3, 0.4) is 0 Å². The molecular weight excluding hydrogens is 938 g/mol. The first-order chi connectivity index (χ1) is 25.7. The van der Waals surface area contributed by atoms with Gasteiger partial charge in [0, 0.05) is 38.8 Å². The minimum Gasteiger partial charge on any atom is -0.486 e. The van der Waals surface area contributed by atoms with E-state index in [2.05, 4.69) is 47.8 Å². The molecule has 55 heavy (non-hydrogen) atoms. The van der Waals surface area contributed by atoms with Crippen molar-refractivity contribution < 1.29 is 42.9 Å². The van der Waals surface area contributed by atoms with Gasteiger partial charge in [-0.25, -0.2) is 8.78 Å². The highest BCUT2D eigenvalue weighted by molar-refractivity contribution is 9.11. The van der Waals surface area contributed by atoms with Gasteiger partial charge in [0.25, 0.3) is 5.91 Å². The van der Waals surface area contributed by atoms with Gasteiger partial charge in [0.2, 0.25) is 0 Å². The molecule has 0 aromatic heterocycles. The first kappa shape index (κ1) is 45.9. The van der Waals surface area contributed by atoms with E-state index in [0.717, 1.165) is 0 Å². The average Bonchev–Trinajstić information content (AvgIpc) is 3.06. The highest BCUT2D eigenvalue weighted by atomic mass is 79.9. The quantitative estimate of drug-likeness (QED) is 0.0786. The van der Waals surface area contributed by atoms with Crippen molar-refractivity contribution in [1.29, 1.82) is 0 Å². The zero-order valence-electron chi connectivity index (χ0n) is 29.6. The first-order valence-electron chi connectivity index (χ1n) is 16.2. The number of aliphatic carboxylic acids is 2. The number of nitrogens with one attached hydrogen (secondary N) is 3. The smallest absolute Gasteiger partial charge is 0.322 e. The molecule has 0 unspecified atom stereocenters.